The molecule has 0 bridgehead atoms. The van der Waals surface area contributed by atoms with Crippen molar-refractivity contribution in [3.05, 3.63) is 0 Å². The Hall–Kier alpha value is -0.120. The van der Waals surface area contributed by atoms with Gasteiger partial charge in [-0.15, -0.1) is 0 Å². The van der Waals surface area contributed by atoms with Crippen molar-refractivity contribution in [2.75, 3.05) is 20.3 Å². The van der Waals surface area contributed by atoms with Gasteiger partial charge >= 0.3 is 0 Å². The van der Waals surface area contributed by atoms with E-state index in [1.165, 1.54) is 0 Å². The summed E-state index contributed by atoms with van der Waals surface area (Å²) < 4.78 is 5.07. The van der Waals surface area contributed by atoms with Crippen LogP contribution in [0.2, 0.25) is 0 Å². The molecule has 0 saturated heterocycles. The predicted molar refractivity (Wildman–Crippen MR) is 40.8 cm³/mol. The van der Waals surface area contributed by atoms with Gasteiger partial charge in [-0.1, -0.05) is 0 Å². The van der Waals surface area contributed by atoms with Gasteiger partial charge < -0.3 is 9.84 Å². The van der Waals surface area contributed by atoms with E-state index in [0.29, 0.717) is 19.6 Å². The Balaban J connectivity index is 3.28. The number of hydrogen-bond donors (Lipinski definition) is 2. The largest absolute Gasteiger partial charge is 0.382 e. The summed E-state index contributed by atoms with van der Waals surface area (Å²) in [6.07, 6.45) is 0.622. The molecule has 0 aliphatic heterocycles. The zero-order valence-electron chi connectivity index (χ0n) is 6.98. The van der Waals surface area contributed by atoms with Gasteiger partial charge in [0.15, 0.2) is 0 Å². The highest BCUT2D eigenvalue weighted by Crippen LogP contribution is 2.02. The Labute approximate surface area is 62.4 Å². The minimum atomic E-state index is -0.783. The molecule has 62 valence electrons. The monoisotopic (exact) mass is 147 g/mol. The first-order valence-electron chi connectivity index (χ1n) is 3.61. The second kappa shape index (κ2) is 4.66. The highest BCUT2D eigenvalue weighted by molar-refractivity contribution is 4.65. The van der Waals surface area contributed by atoms with Crippen LogP contribution in [-0.4, -0.2) is 31.1 Å². The van der Waals surface area contributed by atoms with Crippen molar-refractivity contribution in [1.29, 1.82) is 0 Å². The van der Waals surface area contributed by atoms with Gasteiger partial charge in [-0.05, 0) is 20.9 Å². The number of rotatable bonds is 5. The average Bonchev–Trinajstić information content (AvgIpc) is 1.89. The normalized spacial score (nSPS) is 16.8. The van der Waals surface area contributed by atoms with E-state index in [-0.39, 0.29) is 0 Å². The van der Waals surface area contributed by atoms with Gasteiger partial charge in [0.2, 0.25) is 0 Å². The Morgan fingerprint density at radius 1 is 1.60 bits per heavy atom. The molecule has 0 rings (SSSR count). The molecule has 0 aromatic heterocycles. The second-order valence-electron chi connectivity index (χ2n) is 2.47. The zero-order chi connectivity index (χ0) is 8.04. The van der Waals surface area contributed by atoms with Gasteiger partial charge in [0.1, 0.15) is 5.72 Å². The lowest BCUT2D eigenvalue weighted by Crippen LogP contribution is -2.40. The molecule has 2 N–H and O–H groups in total. The molecule has 0 aliphatic rings. The van der Waals surface area contributed by atoms with Gasteiger partial charge in [0.25, 0.3) is 0 Å². The van der Waals surface area contributed by atoms with Crippen LogP contribution >= 0.6 is 0 Å². The molecule has 1 atom stereocenters. The fraction of sp³-hybridized carbons (Fsp3) is 1.00. The molecule has 0 aromatic rings. The average molecular weight is 147 g/mol. The fourth-order valence-corrected chi connectivity index (χ4v) is 0.540. The SMILES string of the molecule is CCOCCC(C)(O)NC. The van der Waals surface area contributed by atoms with Crippen LogP contribution in [0.1, 0.15) is 20.3 Å². The second-order valence-corrected chi connectivity index (χ2v) is 2.47. The third-order valence-corrected chi connectivity index (χ3v) is 1.48. The fourth-order valence-electron chi connectivity index (χ4n) is 0.540. The molecular formula is C7H17NO2. The molecule has 0 aromatic carbocycles. The van der Waals surface area contributed by atoms with Crippen molar-refractivity contribution in [3.8, 4) is 0 Å². The third-order valence-electron chi connectivity index (χ3n) is 1.48. The van der Waals surface area contributed by atoms with Crippen LogP contribution in [0.25, 0.3) is 0 Å². The molecule has 3 nitrogen and oxygen atoms in total. The summed E-state index contributed by atoms with van der Waals surface area (Å²) in [5, 5.41) is 12.1. The van der Waals surface area contributed by atoms with Crippen molar-refractivity contribution in [2.45, 2.75) is 26.0 Å². The maximum atomic E-state index is 9.36. The first-order valence-corrected chi connectivity index (χ1v) is 3.61. The topological polar surface area (TPSA) is 41.5 Å². The summed E-state index contributed by atoms with van der Waals surface area (Å²) in [5.41, 5.74) is -0.783. The number of aliphatic hydroxyl groups is 1. The van der Waals surface area contributed by atoms with E-state index in [0.717, 1.165) is 0 Å². The first kappa shape index (κ1) is 9.88. The summed E-state index contributed by atoms with van der Waals surface area (Å²) in [6.45, 7) is 4.98. The Morgan fingerprint density at radius 2 is 2.20 bits per heavy atom. The minimum absolute atomic E-state index is 0.602. The Morgan fingerprint density at radius 3 is 2.60 bits per heavy atom. The van der Waals surface area contributed by atoms with E-state index < -0.39 is 5.72 Å². The van der Waals surface area contributed by atoms with E-state index in [2.05, 4.69) is 5.32 Å². The summed E-state index contributed by atoms with van der Waals surface area (Å²) in [4.78, 5) is 0. The molecule has 0 saturated carbocycles. The molecule has 0 heterocycles. The smallest absolute Gasteiger partial charge is 0.115 e. The quantitative estimate of drug-likeness (QED) is 0.435. The van der Waals surface area contributed by atoms with Gasteiger partial charge in [-0.25, -0.2) is 0 Å². The lowest BCUT2D eigenvalue weighted by atomic mass is 10.2. The molecule has 0 aliphatic carbocycles. The van der Waals surface area contributed by atoms with E-state index in [9.17, 15) is 5.11 Å². The maximum Gasteiger partial charge on any atom is 0.115 e. The standard InChI is InChI=1S/C7H17NO2/c1-4-10-6-5-7(2,9)8-3/h8-9H,4-6H2,1-3H3. The summed E-state index contributed by atoms with van der Waals surface area (Å²) in [6, 6.07) is 0. The van der Waals surface area contributed by atoms with Gasteiger partial charge in [0, 0.05) is 13.0 Å². The highest BCUT2D eigenvalue weighted by Gasteiger charge is 2.15. The van der Waals surface area contributed by atoms with Gasteiger partial charge in [0.05, 0.1) is 6.61 Å². The number of nitrogens with one attached hydrogen (secondary N) is 1. The van der Waals surface area contributed by atoms with Crippen molar-refractivity contribution >= 4 is 0 Å². The minimum Gasteiger partial charge on any atom is -0.382 e. The van der Waals surface area contributed by atoms with E-state index in [1.54, 1.807) is 14.0 Å². The predicted octanol–water partition coefficient (Wildman–Crippen LogP) is 0.341. The Kier molecular flexibility index (Phi) is 4.60. The van der Waals surface area contributed by atoms with E-state index in [4.69, 9.17) is 4.74 Å². The van der Waals surface area contributed by atoms with E-state index in [1.807, 2.05) is 6.92 Å². The lowest BCUT2D eigenvalue weighted by molar-refractivity contribution is -0.00459. The third kappa shape index (κ3) is 4.73. The van der Waals surface area contributed by atoms with Crippen LogP contribution in [0.15, 0.2) is 0 Å². The van der Waals surface area contributed by atoms with Crippen LogP contribution in [0.3, 0.4) is 0 Å². The first-order chi connectivity index (χ1) is 4.62. The van der Waals surface area contributed by atoms with Gasteiger partial charge in [-0.3, -0.25) is 5.32 Å². The van der Waals surface area contributed by atoms with E-state index >= 15 is 0 Å². The highest BCUT2D eigenvalue weighted by atomic mass is 16.5. The zero-order valence-corrected chi connectivity index (χ0v) is 6.98. The summed E-state index contributed by atoms with van der Waals surface area (Å²) in [7, 11) is 1.73. The molecule has 0 fully saturated rings. The molecule has 0 amide bonds. The molecule has 10 heavy (non-hydrogen) atoms. The van der Waals surface area contributed by atoms with Crippen molar-refractivity contribution < 1.29 is 9.84 Å². The Bertz CT molecular complexity index is 83.7. The molecule has 1 unspecified atom stereocenters. The molecule has 0 spiro atoms. The van der Waals surface area contributed by atoms with Crippen molar-refractivity contribution in [1.82, 2.24) is 5.32 Å². The van der Waals surface area contributed by atoms with Crippen LogP contribution < -0.4 is 5.32 Å². The van der Waals surface area contributed by atoms with Crippen molar-refractivity contribution in [3.63, 3.8) is 0 Å². The maximum absolute atomic E-state index is 9.36. The summed E-state index contributed by atoms with van der Waals surface area (Å²) in [5.74, 6) is 0. The van der Waals surface area contributed by atoms with Crippen molar-refractivity contribution in [2.24, 2.45) is 0 Å². The molecule has 0 radical (unpaired) electrons. The summed E-state index contributed by atoms with van der Waals surface area (Å²) >= 11 is 0. The van der Waals surface area contributed by atoms with Crippen LogP contribution in [-0.2, 0) is 4.74 Å². The lowest BCUT2D eigenvalue weighted by Gasteiger charge is -2.21. The molecule has 3 heteroatoms. The van der Waals surface area contributed by atoms with Gasteiger partial charge in [-0.2, -0.15) is 0 Å². The van der Waals surface area contributed by atoms with Crippen LogP contribution in [0.5, 0.6) is 0 Å². The number of ether oxygens (including phenoxy) is 1. The van der Waals surface area contributed by atoms with Crippen LogP contribution in [0, 0.1) is 0 Å². The number of hydrogen-bond acceptors (Lipinski definition) is 3. The molecular weight excluding hydrogens is 130 g/mol. The van der Waals surface area contributed by atoms with Crippen LogP contribution in [0.4, 0.5) is 0 Å².